The fourth-order valence-corrected chi connectivity index (χ4v) is 7.20. The number of aliphatic hydroxyl groups excluding tert-OH is 1. The highest BCUT2D eigenvalue weighted by Gasteiger charge is 2.41. The second-order valence-electron chi connectivity index (χ2n) is 15.9. The first-order valence-corrected chi connectivity index (χ1v) is 25.4. The van der Waals surface area contributed by atoms with Crippen molar-refractivity contribution in [2.45, 2.75) is 80.3 Å². The number of carbonyl (C=O) groups is 9. The molecule has 3 aliphatic heterocycles. The predicted octanol–water partition coefficient (Wildman–Crippen LogP) is 11.0. The maximum Gasteiger partial charge on any atom is 0.471 e. The number of carbonyl (C=O) groups excluding carboxylic acids is 9. The van der Waals surface area contributed by atoms with E-state index in [1.165, 1.54) is 11.4 Å². The van der Waals surface area contributed by atoms with Gasteiger partial charge in [-0.15, -0.1) is 0 Å². The van der Waals surface area contributed by atoms with Gasteiger partial charge in [-0.1, -0.05) is 112 Å². The summed E-state index contributed by atoms with van der Waals surface area (Å²) in [5.74, 6) is -5.46. The summed E-state index contributed by atoms with van der Waals surface area (Å²) in [4.78, 5) is 104. The molecule has 0 unspecified atom stereocenters. The van der Waals surface area contributed by atoms with Crippen LogP contribution < -0.4 is 16.0 Å². The van der Waals surface area contributed by atoms with E-state index in [0.717, 1.165) is 61.6 Å². The second-order valence-corrected chi connectivity index (χ2v) is 20.1. The van der Waals surface area contributed by atoms with E-state index in [-0.39, 0.29) is 29.3 Å². The number of hydrogen-bond donors (Lipinski definition) is 4. The molecule has 0 spiro atoms. The molecule has 16 nitrogen and oxygen atoms in total. The SMILES string of the molecule is CC(=O)C(F)(F)F.CCBr.CCO.Cc1ccc(/C=C2\SC(=O)N(CNC(=O)C(F)(F)F)C2=O)cc1.Cc1ccc(/C=C2\SC(=O)N(CNC(=O)OC(C)(C)C)C2=O)cc1.Cc1ccc(/C=C2\SC(=O)NC2=O)cc1. The Morgan fingerprint density at radius 2 is 0.947 bits per heavy atom. The number of rotatable bonds is 7. The van der Waals surface area contributed by atoms with Gasteiger partial charge < -0.3 is 20.5 Å². The number of imide groups is 3. The van der Waals surface area contributed by atoms with Gasteiger partial charge >= 0.3 is 24.4 Å². The van der Waals surface area contributed by atoms with Crippen LogP contribution in [0.3, 0.4) is 0 Å². The molecule has 6 rings (SSSR count). The molecule has 3 aromatic carbocycles. The highest BCUT2D eigenvalue weighted by molar-refractivity contribution is 9.09. The van der Waals surface area contributed by atoms with Crippen molar-refractivity contribution in [3.05, 3.63) is 121 Å². The molecule has 0 aliphatic carbocycles. The fourth-order valence-electron chi connectivity index (χ4n) is 4.84. The maximum absolute atomic E-state index is 12.3. The Morgan fingerprint density at radius 1 is 0.627 bits per heavy atom. The molecule has 75 heavy (non-hydrogen) atoms. The zero-order valence-electron chi connectivity index (χ0n) is 41.8. The minimum atomic E-state index is -5.07. The molecule has 3 aromatic rings. The molecule has 3 saturated heterocycles. The lowest BCUT2D eigenvalue weighted by atomic mass is 10.1. The molecular formula is C49H54BrF6N5O11S3. The Balaban J connectivity index is 0.000000511. The Morgan fingerprint density at radius 3 is 1.23 bits per heavy atom. The monoisotopic (exact) mass is 1180 g/mol. The van der Waals surface area contributed by atoms with E-state index in [1.54, 1.807) is 52.0 Å². The topological polar surface area (TPSA) is 226 Å². The number of aryl methyl sites for hydroxylation is 3. The molecule has 0 aromatic heterocycles. The van der Waals surface area contributed by atoms with Gasteiger partial charge in [0, 0.05) is 18.9 Å². The molecule has 0 radical (unpaired) electrons. The summed E-state index contributed by atoms with van der Waals surface area (Å²) < 4.78 is 73.9. The number of ketones is 1. The summed E-state index contributed by atoms with van der Waals surface area (Å²) in [6, 6.07) is 22.5. The summed E-state index contributed by atoms with van der Waals surface area (Å²) in [5.41, 5.74) is 5.09. The number of benzene rings is 3. The number of halogens is 7. The first-order chi connectivity index (χ1) is 34.8. The Hall–Kier alpha value is -6.22. The molecule has 4 N–H and O–H groups in total. The summed E-state index contributed by atoms with van der Waals surface area (Å²) in [6.07, 6.45) is -5.54. The van der Waals surface area contributed by atoms with Crippen molar-refractivity contribution < 1.29 is 79.3 Å². The van der Waals surface area contributed by atoms with Crippen molar-refractivity contribution in [2.24, 2.45) is 0 Å². The van der Waals surface area contributed by atoms with Crippen LogP contribution in [0.2, 0.25) is 0 Å². The summed E-state index contributed by atoms with van der Waals surface area (Å²) >= 11 is 5.54. The number of alkyl halides is 7. The molecule has 3 aliphatic rings. The van der Waals surface area contributed by atoms with E-state index < -0.39 is 64.7 Å². The zero-order valence-corrected chi connectivity index (χ0v) is 45.8. The summed E-state index contributed by atoms with van der Waals surface area (Å²) in [6.45, 7) is 14.5. The van der Waals surface area contributed by atoms with E-state index in [0.29, 0.717) is 39.0 Å². The molecule has 26 heteroatoms. The number of nitrogens with one attached hydrogen (secondary N) is 3. The van der Waals surface area contributed by atoms with Crippen molar-refractivity contribution in [1.82, 2.24) is 25.8 Å². The largest absolute Gasteiger partial charge is 0.471 e. The molecule has 3 fully saturated rings. The van der Waals surface area contributed by atoms with Gasteiger partial charge in [0.05, 0.1) is 14.7 Å². The van der Waals surface area contributed by atoms with E-state index in [4.69, 9.17) is 9.84 Å². The number of thioether (sulfide) groups is 3. The molecule has 408 valence electrons. The average molecular weight is 1180 g/mol. The van der Waals surface area contributed by atoms with Crippen molar-refractivity contribution in [3.8, 4) is 0 Å². The lowest BCUT2D eigenvalue weighted by molar-refractivity contribution is -0.174. The molecular weight excluding hydrogens is 1120 g/mol. The Labute approximate surface area is 450 Å². The normalized spacial score (nSPS) is 15.8. The van der Waals surface area contributed by atoms with Gasteiger partial charge in [0.15, 0.2) is 0 Å². The number of ether oxygens (including phenoxy) is 1. The van der Waals surface area contributed by atoms with Crippen LogP contribution >= 0.6 is 51.2 Å². The van der Waals surface area contributed by atoms with E-state index >= 15 is 0 Å². The third-order valence-electron chi connectivity index (χ3n) is 8.35. The minimum Gasteiger partial charge on any atom is -0.444 e. The highest BCUT2D eigenvalue weighted by atomic mass is 79.9. The third kappa shape index (κ3) is 25.7. The lowest BCUT2D eigenvalue weighted by Crippen LogP contribution is -2.45. The van der Waals surface area contributed by atoms with E-state index in [2.05, 4.69) is 26.6 Å². The predicted molar refractivity (Wildman–Crippen MR) is 281 cm³/mol. The number of hydrogen-bond acceptors (Lipinski definition) is 14. The van der Waals surface area contributed by atoms with Crippen LogP contribution in [0.5, 0.6) is 0 Å². The zero-order chi connectivity index (χ0) is 57.4. The van der Waals surface area contributed by atoms with E-state index in [1.807, 2.05) is 88.4 Å². The van der Waals surface area contributed by atoms with Crippen molar-refractivity contribution in [2.75, 3.05) is 25.3 Å². The quantitative estimate of drug-likeness (QED) is 0.0981. The van der Waals surface area contributed by atoms with Crippen LogP contribution in [0.25, 0.3) is 18.2 Å². The molecule has 0 bridgehead atoms. The number of Topliss-reactive ketones (excluding diaryl/α,β-unsaturated/α-hetero) is 1. The van der Waals surface area contributed by atoms with Crippen molar-refractivity contribution in [1.29, 1.82) is 0 Å². The van der Waals surface area contributed by atoms with E-state index in [9.17, 15) is 69.5 Å². The van der Waals surface area contributed by atoms with Gasteiger partial charge in [-0.2, -0.15) is 26.3 Å². The number of alkyl carbamates (subject to hydrolysis) is 1. The fraction of sp³-hybridized carbons (Fsp3) is 0.327. The standard InChI is InChI=1S/C17H20N2O4S.C14H11F3N2O3S.C11H9NO2S.C3H3F3O.C2H5Br.C2H6O/c1-11-5-7-12(8-6-11)9-13-14(20)19(16(22)24-13)10-18-15(21)23-17(2,3)4;1-8-2-4-9(5-3-8)6-10-11(20)19(13(22)23-10)7-18-12(21)14(15,16)17;1-7-2-4-8(5-3-7)6-9-10(13)12-11(14)15-9;1-2(7)3(4,5)6;2*1-2-3/h5-9H,10H2,1-4H3,(H,18,21);2-6H,7H2,1H3,(H,18,21);2-6H,1H3,(H,12,13,14);1H3;2H2,1H3;3H,2H2,1H3/b13-9-;10-6-;9-6-;;;. The molecule has 0 saturated carbocycles. The van der Waals surface area contributed by atoms with Crippen LogP contribution in [0.15, 0.2) is 87.5 Å². The van der Waals surface area contributed by atoms with Gasteiger partial charge in [-0.3, -0.25) is 48.6 Å². The number of amides is 8. The molecule has 8 amide bonds. The smallest absolute Gasteiger partial charge is 0.444 e. The van der Waals surface area contributed by atoms with Crippen LogP contribution in [0.4, 0.5) is 45.5 Å². The van der Waals surface area contributed by atoms with Gasteiger partial charge in [0.2, 0.25) is 5.78 Å². The first-order valence-electron chi connectivity index (χ1n) is 21.8. The maximum atomic E-state index is 12.3. The van der Waals surface area contributed by atoms with Crippen molar-refractivity contribution in [3.63, 3.8) is 0 Å². The van der Waals surface area contributed by atoms with Gasteiger partial charge in [0.25, 0.3) is 33.4 Å². The van der Waals surface area contributed by atoms with Crippen LogP contribution in [0.1, 0.15) is 74.9 Å². The van der Waals surface area contributed by atoms with Crippen LogP contribution in [-0.4, -0.2) is 109 Å². The van der Waals surface area contributed by atoms with Crippen LogP contribution in [-0.2, 0) is 28.7 Å². The average Bonchev–Trinajstić information content (AvgIpc) is 3.87. The van der Waals surface area contributed by atoms with Gasteiger partial charge in [-0.25, -0.2) is 9.69 Å². The summed E-state index contributed by atoms with van der Waals surface area (Å²) in [7, 11) is 0. The highest BCUT2D eigenvalue weighted by Crippen LogP contribution is 2.33. The minimum absolute atomic E-state index is 0.0834. The number of nitrogens with zero attached hydrogens (tertiary/aromatic N) is 2. The van der Waals surface area contributed by atoms with Gasteiger partial charge in [-0.05, 0) is 119 Å². The third-order valence-corrected chi connectivity index (χ3v) is 11.0. The summed E-state index contributed by atoms with van der Waals surface area (Å²) in [5, 5.41) is 13.3. The number of aliphatic hydroxyl groups is 1. The first kappa shape index (κ1) is 66.8. The lowest BCUT2D eigenvalue weighted by Gasteiger charge is -2.21. The Bertz CT molecular complexity index is 2600. The second kappa shape index (κ2) is 31.6. The molecule has 0 atom stereocenters. The molecule has 3 heterocycles. The van der Waals surface area contributed by atoms with Gasteiger partial charge in [0.1, 0.15) is 18.9 Å². The van der Waals surface area contributed by atoms with Crippen molar-refractivity contribution >= 4 is 121 Å². The Kier molecular flexibility index (Phi) is 28.2. The van der Waals surface area contributed by atoms with Crippen LogP contribution in [0, 0.1) is 20.8 Å².